The van der Waals surface area contributed by atoms with Gasteiger partial charge in [0, 0.05) is 23.0 Å². The average molecular weight is 334 g/mol. The highest BCUT2D eigenvalue weighted by molar-refractivity contribution is 6.31. The summed E-state index contributed by atoms with van der Waals surface area (Å²) in [5, 5.41) is 4.41. The molecule has 0 radical (unpaired) electrons. The summed E-state index contributed by atoms with van der Waals surface area (Å²) >= 11 is 11.9. The number of pyridine rings is 1. The SMILES string of the molecule is Cc1ccc(Cl)cc1NCc1cc(=O)n2cc(Cl)ccc2n1. The van der Waals surface area contributed by atoms with E-state index in [4.69, 9.17) is 23.2 Å². The van der Waals surface area contributed by atoms with Crippen molar-refractivity contribution in [1.82, 2.24) is 9.38 Å². The van der Waals surface area contributed by atoms with E-state index in [2.05, 4.69) is 10.3 Å². The first kappa shape index (κ1) is 14.9. The molecule has 0 aliphatic heterocycles. The number of rotatable bonds is 3. The number of halogens is 2. The van der Waals surface area contributed by atoms with E-state index < -0.39 is 0 Å². The van der Waals surface area contributed by atoms with Crippen LogP contribution in [0.25, 0.3) is 5.65 Å². The van der Waals surface area contributed by atoms with Crippen LogP contribution in [0.5, 0.6) is 0 Å². The molecule has 0 spiro atoms. The minimum Gasteiger partial charge on any atom is -0.379 e. The van der Waals surface area contributed by atoms with E-state index in [-0.39, 0.29) is 5.56 Å². The highest BCUT2D eigenvalue weighted by Crippen LogP contribution is 2.20. The molecule has 0 saturated heterocycles. The molecule has 22 heavy (non-hydrogen) atoms. The second kappa shape index (κ2) is 5.99. The molecule has 2 aromatic heterocycles. The van der Waals surface area contributed by atoms with Crippen LogP contribution in [0, 0.1) is 6.92 Å². The van der Waals surface area contributed by atoms with Gasteiger partial charge in [0.1, 0.15) is 5.65 Å². The van der Waals surface area contributed by atoms with Crippen molar-refractivity contribution < 1.29 is 0 Å². The molecule has 0 fully saturated rings. The Morgan fingerprint density at radius 2 is 1.91 bits per heavy atom. The third-order valence-electron chi connectivity index (χ3n) is 3.34. The predicted octanol–water partition coefficient (Wildman–Crippen LogP) is 3.92. The minimum atomic E-state index is -0.160. The van der Waals surface area contributed by atoms with Crippen LogP contribution >= 0.6 is 23.2 Å². The van der Waals surface area contributed by atoms with Gasteiger partial charge in [-0.15, -0.1) is 0 Å². The van der Waals surface area contributed by atoms with Crippen molar-refractivity contribution in [2.75, 3.05) is 5.32 Å². The summed E-state index contributed by atoms with van der Waals surface area (Å²) in [4.78, 5) is 16.6. The van der Waals surface area contributed by atoms with Crippen LogP contribution in [-0.4, -0.2) is 9.38 Å². The largest absolute Gasteiger partial charge is 0.379 e. The molecule has 0 bridgehead atoms. The van der Waals surface area contributed by atoms with E-state index in [1.165, 1.54) is 10.5 Å². The normalized spacial score (nSPS) is 10.9. The first-order chi connectivity index (χ1) is 10.5. The second-order valence-corrected chi connectivity index (χ2v) is 5.85. The molecule has 0 atom stereocenters. The highest BCUT2D eigenvalue weighted by atomic mass is 35.5. The second-order valence-electron chi connectivity index (χ2n) is 4.97. The zero-order chi connectivity index (χ0) is 15.7. The monoisotopic (exact) mass is 333 g/mol. The molecule has 1 N–H and O–H groups in total. The predicted molar refractivity (Wildman–Crippen MR) is 90.0 cm³/mol. The molecule has 6 heteroatoms. The van der Waals surface area contributed by atoms with Crippen LogP contribution in [-0.2, 0) is 6.54 Å². The number of fused-ring (bicyclic) bond motifs is 1. The van der Waals surface area contributed by atoms with Gasteiger partial charge in [0.2, 0.25) is 0 Å². The Kier molecular flexibility index (Phi) is 4.05. The maximum Gasteiger partial charge on any atom is 0.258 e. The zero-order valence-corrected chi connectivity index (χ0v) is 13.3. The van der Waals surface area contributed by atoms with Crippen molar-refractivity contribution in [3.05, 3.63) is 74.3 Å². The molecule has 0 aliphatic carbocycles. The van der Waals surface area contributed by atoms with E-state index in [1.807, 2.05) is 25.1 Å². The topological polar surface area (TPSA) is 46.4 Å². The number of aryl methyl sites for hydroxylation is 1. The lowest BCUT2D eigenvalue weighted by Crippen LogP contribution is -2.16. The van der Waals surface area contributed by atoms with Gasteiger partial charge >= 0.3 is 0 Å². The van der Waals surface area contributed by atoms with Gasteiger partial charge in [0.15, 0.2) is 0 Å². The lowest BCUT2D eigenvalue weighted by atomic mass is 10.2. The van der Waals surface area contributed by atoms with Crippen molar-refractivity contribution in [2.24, 2.45) is 0 Å². The standard InChI is InChI=1S/C16H13Cl2N3O/c1-10-2-3-11(17)6-14(10)19-8-13-7-16(22)21-9-12(18)4-5-15(21)20-13/h2-7,9,19H,8H2,1H3. The molecular weight excluding hydrogens is 321 g/mol. The molecular formula is C16H13Cl2N3O. The maximum atomic E-state index is 12.1. The molecule has 4 nitrogen and oxygen atoms in total. The van der Waals surface area contributed by atoms with Crippen molar-refractivity contribution in [2.45, 2.75) is 13.5 Å². The quantitative estimate of drug-likeness (QED) is 0.790. The van der Waals surface area contributed by atoms with Gasteiger partial charge in [-0.25, -0.2) is 4.98 Å². The molecule has 0 amide bonds. The van der Waals surface area contributed by atoms with Gasteiger partial charge in [-0.05, 0) is 36.8 Å². The minimum absolute atomic E-state index is 0.160. The Labute approximate surface area is 137 Å². The summed E-state index contributed by atoms with van der Waals surface area (Å²) in [6.07, 6.45) is 1.56. The van der Waals surface area contributed by atoms with E-state index >= 15 is 0 Å². The van der Waals surface area contributed by atoms with Gasteiger partial charge in [0.05, 0.1) is 17.3 Å². The van der Waals surface area contributed by atoms with E-state index in [9.17, 15) is 4.79 Å². The Bertz CT molecular complexity index is 906. The lowest BCUT2D eigenvalue weighted by Gasteiger charge is -2.10. The number of nitrogens with zero attached hydrogens (tertiary/aromatic N) is 2. The van der Waals surface area contributed by atoms with E-state index in [0.29, 0.717) is 27.9 Å². The van der Waals surface area contributed by atoms with Gasteiger partial charge < -0.3 is 5.32 Å². The Hall–Kier alpha value is -2.04. The van der Waals surface area contributed by atoms with E-state index in [1.54, 1.807) is 18.3 Å². The smallest absolute Gasteiger partial charge is 0.258 e. The third-order valence-corrected chi connectivity index (χ3v) is 3.79. The Morgan fingerprint density at radius 3 is 2.73 bits per heavy atom. The highest BCUT2D eigenvalue weighted by Gasteiger charge is 2.04. The summed E-state index contributed by atoms with van der Waals surface area (Å²) in [5.41, 5.74) is 3.06. The van der Waals surface area contributed by atoms with Crippen molar-refractivity contribution >= 4 is 34.5 Å². The molecule has 0 saturated carbocycles. The Morgan fingerprint density at radius 1 is 1.14 bits per heavy atom. The molecule has 2 heterocycles. The fourth-order valence-electron chi connectivity index (χ4n) is 2.19. The average Bonchev–Trinajstić information content (AvgIpc) is 2.49. The van der Waals surface area contributed by atoms with Crippen molar-refractivity contribution in [3.63, 3.8) is 0 Å². The van der Waals surface area contributed by atoms with Crippen LogP contribution < -0.4 is 10.9 Å². The van der Waals surface area contributed by atoms with Gasteiger partial charge in [-0.3, -0.25) is 9.20 Å². The van der Waals surface area contributed by atoms with Gasteiger partial charge in [0.25, 0.3) is 5.56 Å². The van der Waals surface area contributed by atoms with Crippen molar-refractivity contribution in [1.29, 1.82) is 0 Å². The zero-order valence-electron chi connectivity index (χ0n) is 11.8. The molecule has 3 aromatic rings. The molecule has 1 aromatic carbocycles. The van der Waals surface area contributed by atoms with Crippen molar-refractivity contribution in [3.8, 4) is 0 Å². The van der Waals surface area contributed by atoms with Crippen LogP contribution in [0.4, 0.5) is 5.69 Å². The number of benzene rings is 1. The molecule has 0 aliphatic rings. The van der Waals surface area contributed by atoms with Gasteiger partial charge in [-0.2, -0.15) is 0 Å². The summed E-state index contributed by atoms with van der Waals surface area (Å²) < 4.78 is 1.43. The summed E-state index contributed by atoms with van der Waals surface area (Å²) in [6.45, 7) is 2.43. The number of aromatic nitrogens is 2. The van der Waals surface area contributed by atoms with E-state index in [0.717, 1.165) is 11.3 Å². The number of nitrogens with one attached hydrogen (secondary N) is 1. The van der Waals surface area contributed by atoms with Crippen LogP contribution in [0.2, 0.25) is 10.0 Å². The van der Waals surface area contributed by atoms with Crippen LogP contribution in [0.3, 0.4) is 0 Å². The third kappa shape index (κ3) is 3.08. The van der Waals surface area contributed by atoms with Crippen LogP contribution in [0.15, 0.2) is 47.4 Å². The first-order valence-electron chi connectivity index (χ1n) is 6.71. The molecule has 112 valence electrons. The van der Waals surface area contributed by atoms with Gasteiger partial charge in [-0.1, -0.05) is 29.3 Å². The fraction of sp³-hybridized carbons (Fsp3) is 0.125. The summed E-state index contributed by atoms with van der Waals surface area (Å²) in [5.74, 6) is 0. The molecule has 0 unspecified atom stereocenters. The maximum absolute atomic E-state index is 12.1. The number of anilines is 1. The first-order valence-corrected chi connectivity index (χ1v) is 7.46. The Balaban J connectivity index is 1.90. The molecule has 3 rings (SSSR count). The lowest BCUT2D eigenvalue weighted by molar-refractivity contribution is 0.970. The fourth-order valence-corrected chi connectivity index (χ4v) is 2.52. The number of hydrogen-bond acceptors (Lipinski definition) is 3. The summed E-state index contributed by atoms with van der Waals surface area (Å²) in [7, 11) is 0. The van der Waals surface area contributed by atoms with Crippen LogP contribution in [0.1, 0.15) is 11.3 Å². The summed E-state index contributed by atoms with van der Waals surface area (Å²) in [6, 6.07) is 10.6. The number of hydrogen-bond donors (Lipinski definition) is 1.